The van der Waals surface area contributed by atoms with E-state index in [1.54, 1.807) is 0 Å². The molecule has 26 heavy (non-hydrogen) atoms. The molecule has 0 radical (unpaired) electrons. The summed E-state index contributed by atoms with van der Waals surface area (Å²) in [6, 6.07) is 0. The average Bonchev–Trinajstić information content (AvgIpc) is 3.09. The number of alkyl halides is 6. The number of carbonyl (C=O) groups is 1. The highest BCUT2D eigenvalue weighted by atomic mass is 35.5. The van der Waals surface area contributed by atoms with Crippen molar-refractivity contribution in [3.05, 3.63) is 16.4 Å². The predicted molar refractivity (Wildman–Crippen MR) is 81.0 cm³/mol. The molecular formula is C13H12ClF5N4O2S. The van der Waals surface area contributed by atoms with Gasteiger partial charge in [0.05, 0.1) is 18.8 Å². The van der Waals surface area contributed by atoms with E-state index < -0.39 is 42.0 Å². The summed E-state index contributed by atoms with van der Waals surface area (Å²) in [5, 5.41) is 9.21. The summed E-state index contributed by atoms with van der Waals surface area (Å²) in [6.07, 6.45) is -5.63. The smallest absolute Gasteiger partial charge is 0.389 e. The van der Waals surface area contributed by atoms with Crippen molar-refractivity contribution < 1.29 is 31.9 Å². The van der Waals surface area contributed by atoms with Gasteiger partial charge in [0, 0.05) is 25.4 Å². The van der Waals surface area contributed by atoms with Crippen molar-refractivity contribution in [2.24, 2.45) is 5.92 Å². The quantitative estimate of drug-likeness (QED) is 0.597. The lowest BCUT2D eigenvalue weighted by molar-refractivity contribution is -0.143. The van der Waals surface area contributed by atoms with Crippen LogP contribution in [0.2, 0.25) is 0 Å². The molecule has 1 aliphatic rings. The fraction of sp³-hybridized carbons (Fsp3) is 0.615. The van der Waals surface area contributed by atoms with Crippen LogP contribution in [-0.4, -0.2) is 48.9 Å². The molecule has 0 aliphatic carbocycles. The summed E-state index contributed by atoms with van der Waals surface area (Å²) in [4.78, 5) is 17.0. The summed E-state index contributed by atoms with van der Waals surface area (Å²) >= 11 is 5.65. The third kappa shape index (κ3) is 3.97. The summed E-state index contributed by atoms with van der Waals surface area (Å²) in [7, 11) is 0. The zero-order valence-electron chi connectivity index (χ0n) is 12.9. The second-order valence-corrected chi connectivity index (χ2v) is 7.50. The normalized spacial score (nSPS) is 19.8. The lowest BCUT2D eigenvalue weighted by Crippen LogP contribution is -2.24. The molecule has 0 aromatic carbocycles. The van der Waals surface area contributed by atoms with E-state index >= 15 is 0 Å². The van der Waals surface area contributed by atoms with Crippen molar-refractivity contribution in [2.75, 3.05) is 13.1 Å². The maximum atomic E-state index is 13.4. The molecular weight excluding hydrogens is 407 g/mol. The van der Waals surface area contributed by atoms with E-state index in [2.05, 4.69) is 10.1 Å². The lowest BCUT2D eigenvalue weighted by Gasteiger charge is -2.16. The molecule has 3 rings (SSSR count). The molecule has 0 unspecified atom stereocenters. The predicted octanol–water partition coefficient (Wildman–Crippen LogP) is 2.52. The van der Waals surface area contributed by atoms with Gasteiger partial charge in [-0.1, -0.05) is 11.3 Å². The molecule has 2 aromatic rings. The van der Waals surface area contributed by atoms with Gasteiger partial charge in [-0.15, -0.1) is 0 Å². The van der Waals surface area contributed by atoms with Crippen molar-refractivity contribution in [2.45, 2.75) is 31.1 Å². The van der Waals surface area contributed by atoms with Gasteiger partial charge in [0.15, 0.2) is 11.5 Å². The molecule has 1 N–H and O–H groups in total. The Bertz CT molecular complexity index is 831. The minimum Gasteiger partial charge on any atom is -0.389 e. The van der Waals surface area contributed by atoms with Crippen LogP contribution in [0.25, 0.3) is 4.96 Å². The van der Waals surface area contributed by atoms with E-state index in [0.717, 1.165) is 11.3 Å². The molecule has 1 saturated heterocycles. The number of carbonyl (C=O) groups excluding carboxylic acids is 1. The van der Waals surface area contributed by atoms with Crippen LogP contribution in [0.5, 0.6) is 0 Å². The van der Waals surface area contributed by atoms with Gasteiger partial charge in [0.25, 0.3) is 0 Å². The number of aliphatic hydroxyl groups is 1. The molecule has 3 heterocycles. The third-order valence-electron chi connectivity index (χ3n) is 3.89. The Morgan fingerprint density at radius 2 is 2.00 bits per heavy atom. The Labute approximate surface area is 152 Å². The zero-order valence-corrected chi connectivity index (χ0v) is 14.5. The topological polar surface area (TPSA) is 70.7 Å². The zero-order chi connectivity index (χ0) is 19.3. The number of halogens is 6. The number of rotatable bonds is 5. The highest BCUT2D eigenvalue weighted by Gasteiger charge is 2.42. The number of aliphatic hydroxyl groups excluding tert-OH is 1. The first kappa shape index (κ1) is 19.4. The molecule has 1 atom stereocenters. The van der Waals surface area contributed by atoms with E-state index in [9.17, 15) is 26.7 Å². The summed E-state index contributed by atoms with van der Waals surface area (Å²) in [6.45, 7) is -1.24. The minimum atomic E-state index is -4.76. The Hall–Kier alpha value is -1.37. The van der Waals surface area contributed by atoms with Gasteiger partial charge in [-0.3, -0.25) is 9.69 Å². The molecule has 0 bridgehead atoms. The van der Waals surface area contributed by atoms with Gasteiger partial charge in [-0.25, -0.2) is 4.98 Å². The summed E-state index contributed by atoms with van der Waals surface area (Å²) in [5.41, 5.74) is -1.46. The number of nitrogens with zero attached hydrogens (tertiary/aromatic N) is 4. The van der Waals surface area contributed by atoms with Crippen LogP contribution < -0.4 is 0 Å². The highest BCUT2D eigenvalue weighted by molar-refractivity contribution is 7.16. The van der Waals surface area contributed by atoms with Crippen molar-refractivity contribution >= 4 is 33.7 Å². The average molecular weight is 419 g/mol. The first-order valence-corrected chi connectivity index (χ1v) is 8.54. The number of fused-ring (bicyclic) bond motifs is 1. The third-order valence-corrected chi connectivity index (χ3v) is 4.93. The van der Waals surface area contributed by atoms with Crippen LogP contribution in [0.4, 0.5) is 22.0 Å². The molecule has 0 spiro atoms. The van der Waals surface area contributed by atoms with E-state index in [-0.39, 0.29) is 35.3 Å². The Balaban J connectivity index is 1.85. The SMILES string of the molecule is O=C1CN(Cc2nc3sc(CO)nn3c2C(F)(F)F)C[C@@H]1CC(F)(F)Cl. The van der Waals surface area contributed by atoms with E-state index in [1.165, 1.54) is 4.90 Å². The van der Waals surface area contributed by atoms with Crippen LogP contribution in [0, 0.1) is 5.92 Å². The van der Waals surface area contributed by atoms with Gasteiger partial charge in [-0.05, 0) is 11.6 Å². The molecule has 1 fully saturated rings. The summed E-state index contributed by atoms with van der Waals surface area (Å²) < 4.78 is 66.6. The molecule has 144 valence electrons. The molecule has 13 heteroatoms. The van der Waals surface area contributed by atoms with Gasteiger partial charge >= 0.3 is 11.6 Å². The number of ketones is 1. The standard InChI is InChI=1S/C13H12ClF5N4O2S/c14-12(15,16)1-6-2-22(4-8(6)25)3-7-10(13(17,18)19)23-11(20-7)26-9(5-24)21-23/h6,24H,1-5H2/t6-/m0/s1. The molecule has 2 aromatic heterocycles. The second kappa shape index (κ2) is 6.66. The number of likely N-dealkylation sites (tertiary alicyclic amines) is 1. The van der Waals surface area contributed by atoms with Gasteiger partial charge in [0.1, 0.15) is 5.01 Å². The molecule has 6 nitrogen and oxygen atoms in total. The second-order valence-electron chi connectivity index (χ2n) is 5.91. The van der Waals surface area contributed by atoms with Crippen LogP contribution in [-0.2, 0) is 24.1 Å². The highest BCUT2D eigenvalue weighted by Crippen LogP contribution is 2.36. The van der Waals surface area contributed by atoms with E-state index in [1.807, 2.05) is 0 Å². The fourth-order valence-corrected chi connectivity index (χ4v) is 3.86. The Morgan fingerprint density at radius 3 is 2.58 bits per heavy atom. The fourth-order valence-electron chi connectivity index (χ4n) is 2.91. The van der Waals surface area contributed by atoms with Crippen LogP contribution in [0.15, 0.2) is 0 Å². The summed E-state index contributed by atoms with van der Waals surface area (Å²) in [5.74, 6) is -1.54. The minimum absolute atomic E-state index is 0.0502. The first-order valence-electron chi connectivity index (χ1n) is 7.35. The van der Waals surface area contributed by atoms with E-state index in [0.29, 0.717) is 4.52 Å². The first-order chi connectivity index (χ1) is 12.0. The van der Waals surface area contributed by atoms with E-state index in [4.69, 9.17) is 16.7 Å². The van der Waals surface area contributed by atoms with Crippen LogP contribution >= 0.6 is 22.9 Å². The van der Waals surface area contributed by atoms with Crippen LogP contribution in [0.1, 0.15) is 22.8 Å². The number of aromatic nitrogens is 3. The van der Waals surface area contributed by atoms with Crippen molar-refractivity contribution in [1.82, 2.24) is 19.5 Å². The van der Waals surface area contributed by atoms with Crippen molar-refractivity contribution in [1.29, 1.82) is 0 Å². The van der Waals surface area contributed by atoms with Crippen molar-refractivity contribution in [3.8, 4) is 0 Å². The Morgan fingerprint density at radius 1 is 1.31 bits per heavy atom. The molecule has 0 amide bonds. The maximum Gasteiger partial charge on any atom is 0.435 e. The van der Waals surface area contributed by atoms with Crippen molar-refractivity contribution in [3.63, 3.8) is 0 Å². The number of Topliss-reactive ketones (excluding diaryl/α,β-unsaturated/α-hetero) is 1. The largest absolute Gasteiger partial charge is 0.435 e. The lowest BCUT2D eigenvalue weighted by atomic mass is 10.0. The molecule has 1 aliphatic heterocycles. The number of imidazole rings is 1. The van der Waals surface area contributed by atoms with Crippen LogP contribution in [0.3, 0.4) is 0 Å². The number of hydrogen-bond donors (Lipinski definition) is 1. The monoisotopic (exact) mass is 418 g/mol. The molecule has 0 saturated carbocycles. The maximum absolute atomic E-state index is 13.4. The number of hydrogen-bond acceptors (Lipinski definition) is 6. The van der Waals surface area contributed by atoms with Gasteiger partial charge in [-0.2, -0.15) is 31.6 Å². The Kier molecular flexibility index (Phi) is 4.97. The van der Waals surface area contributed by atoms with Gasteiger partial charge in [0.2, 0.25) is 4.96 Å². The van der Waals surface area contributed by atoms with Gasteiger partial charge < -0.3 is 5.11 Å².